The second kappa shape index (κ2) is 9.42. The van der Waals surface area contributed by atoms with E-state index in [1.54, 1.807) is 30.3 Å². The number of halogens is 1. The lowest BCUT2D eigenvalue weighted by atomic mass is 10.1. The first kappa shape index (κ1) is 23.3. The van der Waals surface area contributed by atoms with Gasteiger partial charge in [0.2, 0.25) is 5.91 Å². The fourth-order valence-electron chi connectivity index (χ4n) is 2.87. The lowest BCUT2D eigenvalue weighted by Gasteiger charge is -2.11. The molecular weight excluding hydrogens is 450 g/mol. The Balaban J connectivity index is 1.69. The third kappa shape index (κ3) is 5.66. The molecule has 3 rings (SSSR count). The summed E-state index contributed by atoms with van der Waals surface area (Å²) in [6.45, 7) is 5.13. The molecule has 0 aliphatic heterocycles. The number of hydrogen-bond donors (Lipinski definition) is 3. The summed E-state index contributed by atoms with van der Waals surface area (Å²) in [4.78, 5) is 23.8. The number of nitrogens with one attached hydrogen (secondary N) is 3. The topological polar surface area (TPSA) is 104 Å². The van der Waals surface area contributed by atoms with Crippen LogP contribution in [0.1, 0.15) is 28.4 Å². The number of anilines is 3. The summed E-state index contributed by atoms with van der Waals surface area (Å²) < 4.78 is 27.8. The molecule has 32 heavy (non-hydrogen) atoms. The number of amides is 2. The van der Waals surface area contributed by atoms with E-state index in [0.29, 0.717) is 22.6 Å². The van der Waals surface area contributed by atoms with Gasteiger partial charge in [0.15, 0.2) is 0 Å². The van der Waals surface area contributed by atoms with Gasteiger partial charge in [-0.1, -0.05) is 17.7 Å². The summed E-state index contributed by atoms with van der Waals surface area (Å²) >= 11 is 6.12. The Morgan fingerprint density at radius 1 is 0.812 bits per heavy atom. The minimum absolute atomic E-state index is 0.169. The average molecular weight is 472 g/mol. The SMILES string of the molecule is CC(=O)Nc1ccc(NC(=O)c2ccc(NS(=O)(=O)c3ccc(C)c(C)c3)cc2)cc1Cl. The molecule has 0 saturated carbocycles. The molecule has 0 heterocycles. The van der Waals surface area contributed by atoms with Crippen molar-refractivity contribution in [3.05, 3.63) is 82.4 Å². The third-order valence-corrected chi connectivity index (χ3v) is 6.42. The van der Waals surface area contributed by atoms with Crippen molar-refractivity contribution in [3.63, 3.8) is 0 Å². The average Bonchev–Trinajstić information content (AvgIpc) is 2.72. The zero-order valence-electron chi connectivity index (χ0n) is 17.7. The van der Waals surface area contributed by atoms with Crippen molar-refractivity contribution < 1.29 is 18.0 Å². The normalized spacial score (nSPS) is 11.0. The van der Waals surface area contributed by atoms with Crippen LogP contribution in [0.3, 0.4) is 0 Å². The number of carbonyl (C=O) groups excluding carboxylic acids is 2. The molecule has 0 bridgehead atoms. The van der Waals surface area contributed by atoms with E-state index >= 15 is 0 Å². The van der Waals surface area contributed by atoms with E-state index in [2.05, 4.69) is 15.4 Å². The molecule has 0 aliphatic carbocycles. The molecule has 3 N–H and O–H groups in total. The smallest absolute Gasteiger partial charge is 0.261 e. The Bertz CT molecular complexity index is 1290. The molecule has 0 aliphatic rings. The second-order valence-electron chi connectivity index (χ2n) is 7.26. The highest BCUT2D eigenvalue weighted by atomic mass is 35.5. The zero-order valence-corrected chi connectivity index (χ0v) is 19.3. The number of hydrogen-bond acceptors (Lipinski definition) is 4. The molecule has 0 atom stereocenters. The van der Waals surface area contributed by atoms with Gasteiger partial charge in [-0.25, -0.2) is 8.42 Å². The van der Waals surface area contributed by atoms with Crippen LogP contribution in [0.15, 0.2) is 65.6 Å². The van der Waals surface area contributed by atoms with E-state index in [9.17, 15) is 18.0 Å². The van der Waals surface area contributed by atoms with E-state index in [4.69, 9.17) is 11.6 Å². The van der Waals surface area contributed by atoms with Crippen molar-refractivity contribution in [2.45, 2.75) is 25.7 Å². The molecular formula is C23H22ClN3O4S. The summed E-state index contributed by atoms with van der Waals surface area (Å²) in [6.07, 6.45) is 0. The maximum Gasteiger partial charge on any atom is 0.261 e. The van der Waals surface area contributed by atoms with Crippen LogP contribution in [-0.2, 0) is 14.8 Å². The minimum Gasteiger partial charge on any atom is -0.325 e. The minimum atomic E-state index is -3.75. The van der Waals surface area contributed by atoms with Gasteiger partial charge >= 0.3 is 0 Å². The van der Waals surface area contributed by atoms with Crippen LogP contribution in [-0.4, -0.2) is 20.2 Å². The van der Waals surface area contributed by atoms with Gasteiger partial charge in [0.05, 0.1) is 15.6 Å². The Labute approximate surface area is 191 Å². The second-order valence-corrected chi connectivity index (χ2v) is 9.35. The van der Waals surface area contributed by atoms with Crippen molar-refractivity contribution in [2.75, 3.05) is 15.4 Å². The summed E-state index contributed by atoms with van der Waals surface area (Å²) in [5.41, 5.74) is 3.45. The maximum absolute atomic E-state index is 12.6. The van der Waals surface area contributed by atoms with Gasteiger partial charge in [0, 0.05) is 23.9 Å². The predicted molar refractivity (Wildman–Crippen MR) is 127 cm³/mol. The van der Waals surface area contributed by atoms with Crippen molar-refractivity contribution >= 4 is 50.5 Å². The third-order valence-electron chi connectivity index (χ3n) is 4.73. The van der Waals surface area contributed by atoms with Crippen molar-refractivity contribution in [1.82, 2.24) is 0 Å². The van der Waals surface area contributed by atoms with Crippen molar-refractivity contribution in [3.8, 4) is 0 Å². The van der Waals surface area contributed by atoms with Gasteiger partial charge in [-0.05, 0) is 79.6 Å². The first-order chi connectivity index (χ1) is 15.0. The van der Waals surface area contributed by atoms with Crippen LogP contribution in [0.2, 0.25) is 5.02 Å². The maximum atomic E-state index is 12.6. The van der Waals surface area contributed by atoms with Crippen LogP contribution in [0, 0.1) is 13.8 Å². The number of rotatable bonds is 6. The lowest BCUT2D eigenvalue weighted by Crippen LogP contribution is -2.14. The highest BCUT2D eigenvalue weighted by Crippen LogP contribution is 2.26. The van der Waals surface area contributed by atoms with E-state index in [1.807, 2.05) is 13.8 Å². The molecule has 0 spiro atoms. The fraction of sp³-hybridized carbons (Fsp3) is 0.130. The lowest BCUT2D eigenvalue weighted by molar-refractivity contribution is -0.114. The molecule has 2 amide bonds. The van der Waals surface area contributed by atoms with Crippen molar-refractivity contribution in [1.29, 1.82) is 0 Å². The van der Waals surface area contributed by atoms with E-state index in [-0.39, 0.29) is 15.8 Å². The molecule has 3 aromatic rings. The molecule has 3 aromatic carbocycles. The first-order valence-electron chi connectivity index (χ1n) is 9.64. The quantitative estimate of drug-likeness (QED) is 0.472. The van der Waals surface area contributed by atoms with Crippen LogP contribution in [0.5, 0.6) is 0 Å². The summed E-state index contributed by atoms with van der Waals surface area (Å²) in [5, 5.41) is 5.58. The van der Waals surface area contributed by atoms with Gasteiger partial charge in [0.25, 0.3) is 15.9 Å². The number of carbonyl (C=O) groups is 2. The molecule has 0 radical (unpaired) electrons. The van der Waals surface area contributed by atoms with E-state index < -0.39 is 15.9 Å². The molecule has 0 aromatic heterocycles. The molecule has 0 fully saturated rings. The zero-order chi connectivity index (χ0) is 23.5. The van der Waals surface area contributed by atoms with Gasteiger partial charge < -0.3 is 10.6 Å². The first-order valence-corrected chi connectivity index (χ1v) is 11.5. The monoisotopic (exact) mass is 471 g/mol. The van der Waals surface area contributed by atoms with Crippen LogP contribution >= 0.6 is 11.6 Å². The number of aryl methyl sites for hydroxylation is 2. The number of benzene rings is 3. The van der Waals surface area contributed by atoms with Gasteiger partial charge in [-0.15, -0.1) is 0 Å². The van der Waals surface area contributed by atoms with E-state index in [1.165, 1.54) is 37.3 Å². The Hall–Kier alpha value is -3.36. The summed E-state index contributed by atoms with van der Waals surface area (Å²) in [6, 6.07) is 15.7. The largest absolute Gasteiger partial charge is 0.325 e. The summed E-state index contributed by atoms with van der Waals surface area (Å²) in [5.74, 6) is -0.645. The van der Waals surface area contributed by atoms with Crippen LogP contribution < -0.4 is 15.4 Å². The standard InChI is InChI=1S/C23H22ClN3O4S/c1-14-4-10-20(12-15(14)2)32(30,31)27-18-7-5-17(6-8-18)23(29)26-19-9-11-22(21(24)13-19)25-16(3)28/h4-13,27H,1-3H3,(H,25,28)(H,26,29). The van der Waals surface area contributed by atoms with Crippen molar-refractivity contribution in [2.24, 2.45) is 0 Å². The molecule has 9 heteroatoms. The van der Waals surface area contributed by atoms with Gasteiger partial charge in [-0.3, -0.25) is 14.3 Å². The molecule has 0 unspecified atom stereocenters. The summed E-state index contributed by atoms with van der Waals surface area (Å²) in [7, 11) is -3.75. The highest BCUT2D eigenvalue weighted by Gasteiger charge is 2.15. The molecule has 0 saturated heterocycles. The highest BCUT2D eigenvalue weighted by molar-refractivity contribution is 7.92. The molecule has 166 valence electrons. The van der Waals surface area contributed by atoms with Gasteiger partial charge in [0.1, 0.15) is 0 Å². The van der Waals surface area contributed by atoms with E-state index in [0.717, 1.165) is 11.1 Å². The predicted octanol–water partition coefficient (Wildman–Crippen LogP) is 4.97. The molecule has 7 nitrogen and oxygen atoms in total. The number of sulfonamides is 1. The Morgan fingerprint density at radius 2 is 1.47 bits per heavy atom. The Morgan fingerprint density at radius 3 is 2.06 bits per heavy atom. The fourth-order valence-corrected chi connectivity index (χ4v) is 4.24. The van der Waals surface area contributed by atoms with Crippen LogP contribution in [0.25, 0.3) is 0 Å². The Kier molecular flexibility index (Phi) is 6.86. The van der Waals surface area contributed by atoms with Crippen LogP contribution in [0.4, 0.5) is 17.1 Å². The van der Waals surface area contributed by atoms with Gasteiger partial charge in [-0.2, -0.15) is 0 Å².